The van der Waals surface area contributed by atoms with E-state index < -0.39 is 6.09 Å². The van der Waals surface area contributed by atoms with Crippen molar-refractivity contribution in [2.45, 2.75) is 53.4 Å². The Labute approximate surface area is 99.6 Å². The summed E-state index contributed by atoms with van der Waals surface area (Å²) >= 11 is 0. The van der Waals surface area contributed by atoms with Gasteiger partial charge in [0.25, 0.3) is 0 Å². The molecule has 0 aromatic carbocycles. The molecule has 3 nitrogen and oxygen atoms in total. The molecule has 3 heteroatoms. The standard InChI is InChI=1S/C10H20.C3H7NO2/c1-8(2)10-6-4-9(3)5-7-10;1-2-4-3(5)6/h8-10H,4-7H2,1-3H3;4H,2H2,1H3,(H,5,6). The largest absolute Gasteiger partial charge is 0.465 e. The van der Waals surface area contributed by atoms with Crippen LogP contribution < -0.4 is 5.32 Å². The number of carbonyl (C=O) groups is 1. The maximum atomic E-state index is 9.49. The highest BCUT2D eigenvalue weighted by Crippen LogP contribution is 2.32. The van der Waals surface area contributed by atoms with E-state index in [1.807, 2.05) is 0 Å². The van der Waals surface area contributed by atoms with E-state index in [1.54, 1.807) is 6.92 Å². The molecule has 1 saturated carbocycles. The lowest BCUT2D eigenvalue weighted by Gasteiger charge is -2.28. The van der Waals surface area contributed by atoms with E-state index in [0.717, 1.165) is 17.8 Å². The van der Waals surface area contributed by atoms with Crippen molar-refractivity contribution in [1.29, 1.82) is 0 Å². The maximum Gasteiger partial charge on any atom is 0.404 e. The summed E-state index contributed by atoms with van der Waals surface area (Å²) in [4.78, 5) is 9.49. The Kier molecular flexibility index (Phi) is 8.04. The zero-order chi connectivity index (χ0) is 12.6. The van der Waals surface area contributed by atoms with Crippen LogP contribution in [0.4, 0.5) is 4.79 Å². The number of carboxylic acid groups (broad SMARTS) is 1. The van der Waals surface area contributed by atoms with E-state index >= 15 is 0 Å². The van der Waals surface area contributed by atoms with Crippen molar-refractivity contribution >= 4 is 6.09 Å². The molecule has 0 aromatic rings. The average molecular weight is 229 g/mol. The zero-order valence-corrected chi connectivity index (χ0v) is 11.1. The normalized spacial score (nSPS) is 24.6. The predicted octanol–water partition coefficient (Wildman–Crippen LogP) is 3.74. The SMILES string of the molecule is CC1CCC(C(C)C)CC1.CCNC(=O)O. The molecule has 0 spiro atoms. The molecule has 0 unspecified atom stereocenters. The van der Waals surface area contributed by atoms with Crippen molar-refractivity contribution in [2.24, 2.45) is 17.8 Å². The number of hydrogen-bond donors (Lipinski definition) is 2. The third-order valence-corrected chi connectivity index (χ3v) is 3.33. The number of nitrogens with one attached hydrogen (secondary N) is 1. The molecule has 1 amide bonds. The Balaban J connectivity index is 0.000000325. The van der Waals surface area contributed by atoms with Crippen molar-refractivity contribution in [1.82, 2.24) is 5.32 Å². The fourth-order valence-electron chi connectivity index (χ4n) is 2.10. The Morgan fingerprint density at radius 3 is 2.06 bits per heavy atom. The van der Waals surface area contributed by atoms with Crippen LogP contribution >= 0.6 is 0 Å². The molecule has 0 aliphatic heterocycles. The molecule has 16 heavy (non-hydrogen) atoms. The summed E-state index contributed by atoms with van der Waals surface area (Å²) in [7, 11) is 0. The lowest BCUT2D eigenvalue weighted by molar-refractivity contribution is 0.195. The van der Waals surface area contributed by atoms with Gasteiger partial charge in [-0.3, -0.25) is 0 Å². The van der Waals surface area contributed by atoms with Gasteiger partial charge in [-0.05, 0) is 37.5 Å². The van der Waals surface area contributed by atoms with Crippen LogP contribution in [0.5, 0.6) is 0 Å². The van der Waals surface area contributed by atoms with E-state index in [-0.39, 0.29) is 0 Å². The molecule has 1 aliphatic carbocycles. The molecule has 96 valence electrons. The van der Waals surface area contributed by atoms with Crippen molar-refractivity contribution in [3.63, 3.8) is 0 Å². The van der Waals surface area contributed by atoms with Crippen LogP contribution in [0.15, 0.2) is 0 Å². The van der Waals surface area contributed by atoms with Gasteiger partial charge in [-0.1, -0.05) is 33.6 Å². The van der Waals surface area contributed by atoms with Gasteiger partial charge in [-0.15, -0.1) is 0 Å². The molecule has 0 atom stereocenters. The fraction of sp³-hybridized carbons (Fsp3) is 0.923. The smallest absolute Gasteiger partial charge is 0.404 e. The van der Waals surface area contributed by atoms with Gasteiger partial charge in [0.15, 0.2) is 0 Å². The summed E-state index contributed by atoms with van der Waals surface area (Å²) in [5, 5.41) is 9.93. The molecule has 0 heterocycles. The molecular formula is C13H27NO2. The highest BCUT2D eigenvalue weighted by molar-refractivity contribution is 5.64. The van der Waals surface area contributed by atoms with Gasteiger partial charge in [-0.25, -0.2) is 4.79 Å². The summed E-state index contributed by atoms with van der Waals surface area (Å²) in [6.07, 6.45) is 4.96. The second kappa shape index (κ2) is 8.43. The van der Waals surface area contributed by atoms with Crippen LogP contribution in [0.1, 0.15) is 53.4 Å². The van der Waals surface area contributed by atoms with Crippen LogP contribution in [0.25, 0.3) is 0 Å². The lowest BCUT2D eigenvalue weighted by Crippen LogP contribution is -2.19. The van der Waals surface area contributed by atoms with Crippen molar-refractivity contribution in [3.05, 3.63) is 0 Å². The summed E-state index contributed by atoms with van der Waals surface area (Å²) in [5.74, 6) is 2.97. The van der Waals surface area contributed by atoms with Crippen molar-refractivity contribution in [2.75, 3.05) is 6.54 Å². The molecular weight excluding hydrogens is 202 g/mol. The minimum Gasteiger partial charge on any atom is -0.465 e. The van der Waals surface area contributed by atoms with Crippen LogP contribution in [-0.4, -0.2) is 17.7 Å². The van der Waals surface area contributed by atoms with E-state index in [9.17, 15) is 4.79 Å². The molecule has 1 rings (SSSR count). The van der Waals surface area contributed by atoms with Crippen LogP contribution in [-0.2, 0) is 0 Å². The summed E-state index contributed by atoms with van der Waals surface area (Å²) < 4.78 is 0. The second-order valence-electron chi connectivity index (χ2n) is 5.10. The Bertz CT molecular complexity index is 184. The summed E-state index contributed by atoms with van der Waals surface area (Å²) in [5.41, 5.74) is 0. The minimum atomic E-state index is -0.961. The highest BCUT2D eigenvalue weighted by atomic mass is 16.4. The highest BCUT2D eigenvalue weighted by Gasteiger charge is 2.19. The van der Waals surface area contributed by atoms with Gasteiger partial charge < -0.3 is 10.4 Å². The van der Waals surface area contributed by atoms with E-state index in [4.69, 9.17) is 5.11 Å². The Hall–Kier alpha value is -0.730. The summed E-state index contributed by atoms with van der Waals surface area (Å²) in [6, 6.07) is 0. The van der Waals surface area contributed by atoms with E-state index in [2.05, 4.69) is 26.1 Å². The first-order valence-corrected chi connectivity index (χ1v) is 6.44. The summed E-state index contributed by atoms with van der Waals surface area (Å²) in [6.45, 7) is 9.32. The molecule has 0 bridgehead atoms. The van der Waals surface area contributed by atoms with Gasteiger partial charge in [0.1, 0.15) is 0 Å². The van der Waals surface area contributed by atoms with E-state index in [1.165, 1.54) is 25.7 Å². The van der Waals surface area contributed by atoms with Crippen LogP contribution in [0.3, 0.4) is 0 Å². The quantitative estimate of drug-likeness (QED) is 0.757. The topological polar surface area (TPSA) is 49.3 Å². The van der Waals surface area contributed by atoms with Crippen molar-refractivity contribution in [3.8, 4) is 0 Å². The molecule has 2 N–H and O–H groups in total. The number of amides is 1. The molecule has 1 fully saturated rings. The van der Waals surface area contributed by atoms with Gasteiger partial charge >= 0.3 is 6.09 Å². The third kappa shape index (κ3) is 7.55. The number of rotatable bonds is 2. The molecule has 0 saturated heterocycles. The van der Waals surface area contributed by atoms with Gasteiger partial charge in [0.2, 0.25) is 0 Å². The van der Waals surface area contributed by atoms with Crippen LogP contribution in [0.2, 0.25) is 0 Å². The fourth-order valence-corrected chi connectivity index (χ4v) is 2.10. The maximum absolute atomic E-state index is 9.49. The first-order chi connectivity index (χ1) is 7.47. The van der Waals surface area contributed by atoms with E-state index in [0.29, 0.717) is 6.54 Å². The zero-order valence-electron chi connectivity index (χ0n) is 11.1. The third-order valence-electron chi connectivity index (χ3n) is 3.33. The predicted molar refractivity (Wildman–Crippen MR) is 67.7 cm³/mol. The first kappa shape index (κ1) is 15.3. The second-order valence-corrected chi connectivity index (χ2v) is 5.10. The van der Waals surface area contributed by atoms with Crippen molar-refractivity contribution < 1.29 is 9.90 Å². The lowest BCUT2D eigenvalue weighted by atomic mass is 9.78. The molecule has 0 radical (unpaired) electrons. The molecule has 1 aliphatic rings. The number of hydrogen-bond acceptors (Lipinski definition) is 1. The van der Waals surface area contributed by atoms with Crippen LogP contribution in [0, 0.1) is 17.8 Å². The average Bonchev–Trinajstić information content (AvgIpc) is 2.19. The Morgan fingerprint density at radius 1 is 1.31 bits per heavy atom. The van der Waals surface area contributed by atoms with Gasteiger partial charge in [-0.2, -0.15) is 0 Å². The first-order valence-electron chi connectivity index (χ1n) is 6.44. The monoisotopic (exact) mass is 229 g/mol. The molecule has 0 aromatic heterocycles. The van der Waals surface area contributed by atoms with Gasteiger partial charge in [0.05, 0.1) is 0 Å². The Morgan fingerprint density at radius 2 is 1.81 bits per heavy atom. The van der Waals surface area contributed by atoms with Gasteiger partial charge in [0, 0.05) is 6.54 Å². The minimum absolute atomic E-state index is 0.481.